The molecule has 2 fully saturated rings. The van der Waals surface area contributed by atoms with Gasteiger partial charge >= 0.3 is 5.97 Å². The molecule has 9 nitrogen and oxygen atoms in total. The number of ether oxygens (including phenoxy) is 4. The maximum atomic E-state index is 11.5. The summed E-state index contributed by atoms with van der Waals surface area (Å²) in [6, 6.07) is 7.78. The monoisotopic (exact) mass is 494 g/mol. The van der Waals surface area contributed by atoms with Gasteiger partial charge in [-0.05, 0) is 62.3 Å². The number of rotatable bonds is 10. The van der Waals surface area contributed by atoms with Crippen molar-refractivity contribution in [3.05, 3.63) is 41.5 Å². The van der Waals surface area contributed by atoms with Crippen LogP contribution in [0.4, 0.5) is 0 Å². The molecule has 1 aliphatic carbocycles. The summed E-state index contributed by atoms with van der Waals surface area (Å²) in [5.74, 6) is 0.512. The SMILES string of the molecule is CCOC(=O)/C=C(\C)COc1ccc(C[C@@H]2CCCC[C@@H]2O[C@@H]2O[C@H](CO)[C@H](O)[C@H](O)[C@H]2O)cc1. The molecule has 1 heterocycles. The van der Waals surface area contributed by atoms with Gasteiger partial charge in [0.25, 0.3) is 0 Å². The first kappa shape index (κ1) is 27.6. The van der Waals surface area contributed by atoms with Crippen molar-refractivity contribution in [3.63, 3.8) is 0 Å². The fraction of sp³-hybridized carbons (Fsp3) is 0.654. The lowest BCUT2D eigenvalue weighted by atomic mass is 9.82. The van der Waals surface area contributed by atoms with Crippen molar-refractivity contribution in [2.45, 2.75) is 82.8 Å². The van der Waals surface area contributed by atoms with Gasteiger partial charge in [0.15, 0.2) is 6.29 Å². The molecule has 0 unspecified atom stereocenters. The minimum atomic E-state index is -1.45. The lowest BCUT2D eigenvalue weighted by molar-refractivity contribution is -0.316. The van der Waals surface area contributed by atoms with Crippen LogP contribution in [0.15, 0.2) is 35.9 Å². The van der Waals surface area contributed by atoms with Crippen LogP contribution >= 0.6 is 0 Å². The highest BCUT2D eigenvalue weighted by Gasteiger charge is 2.45. The normalized spacial score (nSPS) is 31.7. The summed E-state index contributed by atoms with van der Waals surface area (Å²) in [6.45, 7) is 3.71. The molecule has 2 aliphatic rings. The Morgan fingerprint density at radius 1 is 1.09 bits per heavy atom. The molecule has 0 bridgehead atoms. The Bertz CT molecular complexity index is 823. The lowest BCUT2D eigenvalue weighted by Gasteiger charge is -2.42. The second-order valence-electron chi connectivity index (χ2n) is 9.30. The van der Waals surface area contributed by atoms with Gasteiger partial charge in [0.1, 0.15) is 36.8 Å². The minimum Gasteiger partial charge on any atom is -0.489 e. The molecule has 35 heavy (non-hydrogen) atoms. The van der Waals surface area contributed by atoms with Crippen LogP contribution in [0.5, 0.6) is 5.75 Å². The van der Waals surface area contributed by atoms with Gasteiger partial charge in [-0.15, -0.1) is 0 Å². The molecular formula is C26H38O9. The second kappa shape index (κ2) is 13.3. The maximum absolute atomic E-state index is 11.5. The molecule has 0 amide bonds. The van der Waals surface area contributed by atoms with Crippen molar-refractivity contribution in [3.8, 4) is 5.75 Å². The standard InChI is InChI=1S/C26H38O9/c1-3-32-22(28)12-16(2)15-33-19-10-8-17(9-11-19)13-18-6-4-5-7-20(18)34-26-25(31)24(30)23(29)21(14-27)35-26/h8-12,18,20-21,23-27,29-31H,3-7,13-15H2,1-2H3/b16-12+/t18-,20-,21+,23-,24-,25+,26+/m0/s1. The van der Waals surface area contributed by atoms with E-state index in [-0.39, 0.29) is 24.6 Å². The predicted molar refractivity (Wildman–Crippen MR) is 127 cm³/mol. The van der Waals surface area contributed by atoms with E-state index in [1.165, 1.54) is 6.08 Å². The molecule has 0 aromatic heterocycles. The Morgan fingerprint density at radius 2 is 1.80 bits per heavy atom. The summed E-state index contributed by atoms with van der Waals surface area (Å²) >= 11 is 0. The van der Waals surface area contributed by atoms with Crippen molar-refractivity contribution in [1.82, 2.24) is 0 Å². The number of benzene rings is 1. The Hall–Kier alpha value is -2.01. The third kappa shape index (κ3) is 7.73. The van der Waals surface area contributed by atoms with Gasteiger partial charge < -0.3 is 39.4 Å². The van der Waals surface area contributed by atoms with E-state index in [0.717, 1.165) is 43.2 Å². The van der Waals surface area contributed by atoms with E-state index in [2.05, 4.69) is 0 Å². The van der Waals surface area contributed by atoms with E-state index < -0.39 is 37.3 Å². The van der Waals surface area contributed by atoms with Crippen LogP contribution in [0.3, 0.4) is 0 Å². The summed E-state index contributed by atoms with van der Waals surface area (Å²) in [7, 11) is 0. The maximum Gasteiger partial charge on any atom is 0.330 e. The van der Waals surface area contributed by atoms with Crippen molar-refractivity contribution in [1.29, 1.82) is 0 Å². The van der Waals surface area contributed by atoms with Crippen molar-refractivity contribution < 1.29 is 44.2 Å². The number of hydrogen-bond acceptors (Lipinski definition) is 9. The van der Waals surface area contributed by atoms with Crippen LogP contribution in [0.25, 0.3) is 0 Å². The van der Waals surface area contributed by atoms with Gasteiger partial charge in [0, 0.05) is 6.08 Å². The van der Waals surface area contributed by atoms with Crippen molar-refractivity contribution >= 4 is 5.97 Å². The van der Waals surface area contributed by atoms with Crippen LogP contribution in [-0.4, -0.2) is 83.0 Å². The summed E-state index contributed by atoms with van der Waals surface area (Å²) in [5, 5.41) is 39.8. The number of aliphatic hydroxyl groups excluding tert-OH is 4. The molecule has 1 aromatic carbocycles. The first-order chi connectivity index (χ1) is 16.8. The molecule has 1 aromatic rings. The zero-order valence-electron chi connectivity index (χ0n) is 20.4. The summed E-state index contributed by atoms with van der Waals surface area (Å²) < 4.78 is 22.3. The topological polar surface area (TPSA) is 135 Å². The van der Waals surface area contributed by atoms with E-state index in [4.69, 9.17) is 18.9 Å². The minimum absolute atomic E-state index is 0.184. The molecule has 1 saturated heterocycles. The number of carbonyl (C=O) groups is 1. The third-order valence-electron chi connectivity index (χ3n) is 6.54. The molecular weight excluding hydrogens is 456 g/mol. The van der Waals surface area contributed by atoms with Crippen molar-refractivity contribution in [2.24, 2.45) is 5.92 Å². The zero-order valence-corrected chi connectivity index (χ0v) is 20.4. The molecule has 0 radical (unpaired) electrons. The summed E-state index contributed by atoms with van der Waals surface area (Å²) in [4.78, 5) is 11.5. The van der Waals surface area contributed by atoms with Crippen molar-refractivity contribution in [2.75, 3.05) is 19.8 Å². The second-order valence-corrected chi connectivity index (χ2v) is 9.30. The van der Waals surface area contributed by atoms with Gasteiger partial charge in [0.2, 0.25) is 0 Å². The highest BCUT2D eigenvalue weighted by atomic mass is 16.7. The molecule has 9 heteroatoms. The molecule has 7 atom stereocenters. The molecule has 4 N–H and O–H groups in total. The fourth-order valence-corrected chi connectivity index (χ4v) is 4.59. The van der Waals surface area contributed by atoms with Gasteiger partial charge in [-0.3, -0.25) is 0 Å². The quantitative estimate of drug-likeness (QED) is 0.282. The van der Waals surface area contributed by atoms with Gasteiger partial charge in [-0.2, -0.15) is 0 Å². The average molecular weight is 495 g/mol. The molecule has 196 valence electrons. The van der Waals surface area contributed by atoms with Crippen LogP contribution in [0, 0.1) is 5.92 Å². The Balaban J connectivity index is 1.56. The Labute approximate surface area is 206 Å². The largest absolute Gasteiger partial charge is 0.489 e. The predicted octanol–water partition coefficient (Wildman–Crippen LogP) is 1.49. The highest BCUT2D eigenvalue weighted by Crippen LogP contribution is 2.33. The number of esters is 1. The van der Waals surface area contributed by atoms with Crippen LogP contribution in [-0.2, 0) is 25.4 Å². The van der Waals surface area contributed by atoms with E-state index in [9.17, 15) is 25.2 Å². The lowest BCUT2D eigenvalue weighted by Crippen LogP contribution is -2.60. The number of carbonyl (C=O) groups excluding carboxylic acids is 1. The molecule has 1 aliphatic heterocycles. The average Bonchev–Trinajstić information content (AvgIpc) is 2.85. The number of hydrogen-bond donors (Lipinski definition) is 4. The van der Waals surface area contributed by atoms with Crippen LogP contribution in [0.1, 0.15) is 45.1 Å². The first-order valence-electron chi connectivity index (χ1n) is 12.3. The van der Waals surface area contributed by atoms with Gasteiger partial charge in [0.05, 0.1) is 19.3 Å². The number of aliphatic hydroxyl groups is 4. The third-order valence-corrected chi connectivity index (χ3v) is 6.54. The van der Waals surface area contributed by atoms with E-state index in [1.54, 1.807) is 6.92 Å². The first-order valence-corrected chi connectivity index (χ1v) is 12.3. The van der Waals surface area contributed by atoms with Gasteiger partial charge in [-0.1, -0.05) is 25.0 Å². The van der Waals surface area contributed by atoms with E-state index >= 15 is 0 Å². The van der Waals surface area contributed by atoms with E-state index in [0.29, 0.717) is 12.4 Å². The van der Waals surface area contributed by atoms with Crippen LogP contribution in [0.2, 0.25) is 0 Å². The molecule has 1 saturated carbocycles. The van der Waals surface area contributed by atoms with E-state index in [1.807, 2.05) is 31.2 Å². The zero-order chi connectivity index (χ0) is 25.4. The highest BCUT2D eigenvalue weighted by molar-refractivity contribution is 5.82. The summed E-state index contributed by atoms with van der Waals surface area (Å²) in [5.41, 5.74) is 1.88. The van der Waals surface area contributed by atoms with Gasteiger partial charge in [-0.25, -0.2) is 4.79 Å². The van der Waals surface area contributed by atoms with Crippen LogP contribution < -0.4 is 4.74 Å². The molecule has 0 spiro atoms. The molecule has 3 rings (SSSR count). The Morgan fingerprint density at radius 3 is 2.49 bits per heavy atom. The smallest absolute Gasteiger partial charge is 0.330 e. The summed E-state index contributed by atoms with van der Waals surface area (Å²) in [6.07, 6.45) is -0.507. The Kier molecular flexibility index (Phi) is 10.5. The fourth-order valence-electron chi connectivity index (χ4n) is 4.59.